The van der Waals surface area contributed by atoms with Crippen LogP contribution in [0.4, 0.5) is 21.2 Å². The molecule has 5 aromatic rings. The summed E-state index contributed by atoms with van der Waals surface area (Å²) >= 11 is 8.44. The number of amides is 6. The zero-order chi connectivity index (χ0) is 70.4. The van der Waals surface area contributed by atoms with Crippen LogP contribution < -0.4 is 36.9 Å². The van der Waals surface area contributed by atoms with Crippen LogP contribution in [-0.4, -0.2) is 178 Å². The number of aromatic nitrogens is 6. The van der Waals surface area contributed by atoms with Crippen molar-refractivity contribution in [2.75, 3.05) is 70.5 Å². The number of aliphatic hydroxyl groups excluding tert-OH is 1. The molecule has 6 amide bonds. The lowest BCUT2D eigenvalue weighted by Gasteiger charge is -2.26. The summed E-state index contributed by atoms with van der Waals surface area (Å²) in [5, 5.41) is 25.0. The highest BCUT2D eigenvalue weighted by Crippen LogP contribution is 2.61. The highest BCUT2D eigenvalue weighted by atomic mass is 32.7. The number of thiol groups is 2. The average molecular weight is 1450 g/mol. The number of aliphatic hydroxyl groups is 1. The predicted molar refractivity (Wildman–Crippen MR) is 360 cm³/mol. The van der Waals surface area contributed by atoms with E-state index in [1.807, 2.05) is 0 Å². The van der Waals surface area contributed by atoms with Crippen LogP contribution >= 0.6 is 38.1 Å². The summed E-state index contributed by atoms with van der Waals surface area (Å²) in [6.07, 6.45) is -0.207. The van der Waals surface area contributed by atoms with E-state index in [4.69, 9.17) is 46.5 Å². The molecule has 2 saturated heterocycles. The molecule has 2 saturated carbocycles. The Hall–Kier alpha value is -7.51. The molecule has 0 unspecified atom stereocenters. The maximum atomic E-state index is 14.0. The number of nitrogens with zero attached hydrogens (tertiary/aromatic N) is 6. The van der Waals surface area contributed by atoms with Gasteiger partial charge < -0.3 is 64.2 Å². The topological polar surface area (TPSA) is 402 Å². The van der Waals surface area contributed by atoms with Crippen molar-refractivity contribution in [2.24, 2.45) is 29.6 Å². The molecular formula is C63H80N12O20P2S2. The van der Waals surface area contributed by atoms with Crippen molar-refractivity contribution in [3.05, 3.63) is 100 Å². The molecule has 2 bridgehead atoms. The lowest BCUT2D eigenvalue weighted by molar-refractivity contribution is -0.132. The number of imidazole rings is 1. The molecule has 5 aliphatic rings. The Morgan fingerprint density at radius 2 is 1.58 bits per heavy atom. The van der Waals surface area contributed by atoms with Crippen LogP contribution in [0.25, 0.3) is 11.2 Å². The van der Waals surface area contributed by atoms with Gasteiger partial charge in [0.1, 0.15) is 49.4 Å². The third-order valence-electron chi connectivity index (χ3n) is 17.2. The van der Waals surface area contributed by atoms with Gasteiger partial charge in [-0.3, -0.25) is 52.4 Å². The molecule has 2 aliphatic heterocycles. The van der Waals surface area contributed by atoms with Crippen LogP contribution in [0, 0.1) is 41.4 Å². The molecule has 5 heterocycles. The normalized spacial score (nSPS) is 26.3. The highest BCUT2D eigenvalue weighted by Gasteiger charge is 2.52. The zero-order valence-corrected chi connectivity index (χ0v) is 58.2. The van der Waals surface area contributed by atoms with Crippen LogP contribution in [0.15, 0.2) is 78.2 Å². The highest BCUT2D eigenvalue weighted by molar-refractivity contribution is 8.44. The Labute approximate surface area is 579 Å². The van der Waals surface area contributed by atoms with Crippen molar-refractivity contribution >= 4 is 96.7 Å². The molecular weight excluding hydrogens is 1370 g/mol. The van der Waals surface area contributed by atoms with E-state index >= 15 is 0 Å². The number of H-pyrrole nitrogens is 1. The predicted octanol–water partition coefficient (Wildman–Crippen LogP) is 6.11. The molecule has 7 N–H and O–H groups in total. The van der Waals surface area contributed by atoms with E-state index in [0.29, 0.717) is 41.2 Å². The number of benzene rings is 2. The molecule has 0 spiro atoms. The van der Waals surface area contributed by atoms with Crippen LogP contribution in [0.5, 0.6) is 5.88 Å². The molecule has 14 atom stereocenters. The summed E-state index contributed by atoms with van der Waals surface area (Å²) < 4.78 is 86.3. The van der Waals surface area contributed by atoms with Crippen molar-refractivity contribution in [1.82, 2.24) is 50.3 Å². The molecule has 0 radical (unpaired) electrons. The first-order chi connectivity index (χ1) is 47.5. The standard InChI is InChI=1S/C63H80N12O20P2S2/c1-36(2)51(70-49(76)20-23-86-25-26-87-24-22-65-62(82)88-32-46-44-13-7-5-6-8-14-45(44)46)58(80)68-37(3)56(78)69-41-17-15-38(16-18-41)30-89-63(83)74(4)29-39-11-9-10-12-43(39)57(79)72-61-71-55-52(59(81)73-61)67-35-75(55)60-54-53(77)48(93-60)33-91-96(84,98)94-47-28-42(92-50-19-21-64-34-66-50)27-40(47)31-90-97(85,99)95-54/h9-12,15-19,21,34-37,40,42,44-48,51,53-54,60,77H,7-8,13-14,20,22-33H2,1-4H3,(H,65,82)(H,68,80)(H,69,78)(H,70,76)(H,84,98)(H,85,99)(H2,71,72,73,79,81)/t37-,40+,42+,44-,45+,46-,47-,48+,51-,53+,54+,60+,96+,97+/m0/s1. The molecule has 4 fully saturated rings. The average Bonchev–Trinajstić information content (AvgIpc) is 1.54. The van der Waals surface area contributed by atoms with Gasteiger partial charge in [0.25, 0.3) is 11.5 Å². The molecule has 534 valence electrons. The summed E-state index contributed by atoms with van der Waals surface area (Å²) in [7, 11) is 1.46. The Bertz CT molecular complexity index is 3890. The number of hydrogen-bond donors (Lipinski definition) is 9. The van der Waals surface area contributed by atoms with Crippen LogP contribution in [0.2, 0.25) is 0 Å². The van der Waals surface area contributed by atoms with Crippen LogP contribution in [0.1, 0.15) is 93.4 Å². The van der Waals surface area contributed by atoms with Gasteiger partial charge in [0.2, 0.25) is 29.5 Å². The molecule has 32 nitrogen and oxygen atoms in total. The van der Waals surface area contributed by atoms with E-state index in [1.54, 1.807) is 62.4 Å². The van der Waals surface area contributed by atoms with Gasteiger partial charge in [0.05, 0.1) is 58.7 Å². The van der Waals surface area contributed by atoms with Crippen LogP contribution in [0.3, 0.4) is 0 Å². The first-order valence-electron chi connectivity index (χ1n) is 32.3. The van der Waals surface area contributed by atoms with E-state index in [-0.39, 0.29) is 106 Å². The van der Waals surface area contributed by atoms with Gasteiger partial charge in [-0.1, -0.05) is 68.7 Å². The van der Waals surface area contributed by atoms with Gasteiger partial charge in [-0.2, -0.15) is 4.98 Å². The summed E-state index contributed by atoms with van der Waals surface area (Å²) in [4.78, 5) is 113. The third-order valence-corrected chi connectivity index (χ3v) is 20.5. The molecule has 36 heteroatoms. The monoisotopic (exact) mass is 1450 g/mol. The third kappa shape index (κ3) is 20.6. The first kappa shape index (κ1) is 74.2. The Balaban J connectivity index is 0.648. The van der Waals surface area contributed by atoms with Gasteiger partial charge in [0, 0.05) is 75.3 Å². The van der Waals surface area contributed by atoms with E-state index in [1.165, 1.54) is 42.0 Å². The maximum Gasteiger partial charge on any atom is 0.410 e. The van der Waals surface area contributed by atoms with Gasteiger partial charge in [0.15, 0.2) is 17.4 Å². The smallest absolute Gasteiger partial charge is 0.410 e. The second kappa shape index (κ2) is 34.2. The second-order valence-corrected chi connectivity index (χ2v) is 30.5. The zero-order valence-electron chi connectivity index (χ0n) is 54.6. The fourth-order valence-corrected chi connectivity index (χ4v) is 15.1. The lowest BCUT2D eigenvalue weighted by Crippen LogP contribution is -2.53. The van der Waals surface area contributed by atoms with Gasteiger partial charge in [-0.15, -0.1) is 11.8 Å². The molecule has 2 aromatic carbocycles. The SMILES string of the molecule is CC(C)[C@H](NC(=O)CCOCCOCCNC(=O)OC[C@@H]1[C@@H]2CCC#CCC[C@@H]21)C(=O)N[C@@H](C)C(=O)Nc1ccc(COC(=O)N(C)Cc2ccccc2C(=O)Nc2nc3c(ncn3[C@@H]3O[C@@H]4CO[P@@](=O)(S)O[C@H]5C[C@H](Oc6ccncn6)C[C@@H]5CO[P@@](=O)(S)O[C@@H]3[C@@H]4O)c(=O)[nH]2)cc1. The quantitative estimate of drug-likeness (QED) is 0.0130. The number of anilines is 2. The summed E-state index contributed by atoms with van der Waals surface area (Å²) in [6, 6.07) is 12.4. The minimum absolute atomic E-state index is 0.0251. The van der Waals surface area contributed by atoms with E-state index < -0.39 is 116 Å². The fourth-order valence-electron chi connectivity index (χ4n) is 12.0. The molecule has 10 rings (SSSR count). The minimum atomic E-state index is -4.38. The number of carbonyl (C=O) groups is 6. The van der Waals surface area contributed by atoms with E-state index in [0.717, 1.165) is 32.0 Å². The molecule has 3 aromatic heterocycles. The molecule has 99 heavy (non-hydrogen) atoms. The van der Waals surface area contributed by atoms with E-state index in [9.17, 15) is 47.8 Å². The minimum Gasteiger partial charge on any atom is -0.474 e. The summed E-state index contributed by atoms with van der Waals surface area (Å²) in [5.41, 5.74) is 0.204. The van der Waals surface area contributed by atoms with Gasteiger partial charge >= 0.3 is 25.8 Å². The number of hydrogen-bond acceptors (Lipinski definition) is 24. The van der Waals surface area contributed by atoms with Crippen molar-refractivity contribution < 1.29 is 89.5 Å². The molecule has 3 aliphatic carbocycles. The number of nitrogens with one attached hydrogen (secondary N) is 6. The van der Waals surface area contributed by atoms with Gasteiger partial charge in [-0.25, -0.2) is 33.7 Å². The van der Waals surface area contributed by atoms with Gasteiger partial charge in [-0.05, 0) is 79.2 Å². The van der Waals surface area contributed by atoms with E-state index in [2.05, 4.69) is 87.8 Å². The first-order valence-corrected chi connectivity index (χ1v) is 37.7. The number of carbonyl (C=O) groups excluding carboxylic acids is 6. The Kier molecular flexibility index (Phi) is 25.7. The fraction of sp³-hybridized carbons (Fsp3) is 0.540. The second-order valence-electron chi connectivity index (χ2n) is 24.7. The number of rotatable bonds is 26. The lowest BCUT2D eigenvalue weighted by atomic mass is 10.0. The van der Waals surface area contributed by atoms with Crippen LogP contribution in [-0.2, 0) is 78.4 Å². The number of fused-ring (bicyclic) bond motifs is 5. The summed E-state index contributed by atoms with van der Waals surface area (Å²) in [6.45, 7) is -3.23. The maximum absolute atomic E-state index is 14.0. The van der Waals surface area contributed by atoms with Crippen molar-refractivity contribution in [3.63, 3.8) is 0 Å². The summed E-state index contributed by atoms with van der Waals surface area (Å²) in [5.74, 6) is 4.74. The van der Waals surface area contributed by atoms with Crippen molar-refractivity contribution in [2.45, 2.75) is 128 Å². The number of alkyl carbamates (subject to hydrolysis) is 1. The number of ether oxygens (including phenoxy) is 6. The van der Waals surface area contributed by atoms with Crippen molar-refractivity contribution in [1.29, 1.82) is 0 Å². The largest absolute Gasteiger partial charge is 0.474 e. The Morgan fingerprint density at radius 1 is 0.848 bits per heavy atom. The van der Waals surface area contributed by atoms with Crippen molar-refractivity contribution in [3.8, 4) is 17.7 Å². The number of aromatic amines is 1. The Morgan fingerprint density at radius 3 is 2.31 bits per heavy atom.